The van der Waals surface area contributed by atoms with Gasteiger partial charge in [0.1, 0.15) is 99.0 Å². The number of aryl methyl sites for hydroxylation is 3. The molecule has 0 aliphatic rings. The van der Waals surface area contributed by atoms with Gasteiger partial charge in [0.25, 0.3) is 0 Å². The van der Waals surface area contributed by atoms with Crippen molar-refractivity contribution >= 4 is 136 Å². The third kappa shape index (κ3) is 35.1. The second-order valence-corrected chi connectivity index (χ2v) is 29.5. The number of ether oxygens (including phenoxy) is 10. The van der Waals surface area contributed by atoms with Crippen LogP contribution in [0.25, 0.3) is 11.0 Å². The summed E-state index contributed by atoms with van der Waals surface area (Å²) in [5, 5.41) is 93.4. The van der Waals surface area contributed by atoms with Gasteiger partial charge in [-0.1, -0.05) is 16.7 Å². The Labute approximate surface area is 739 Å². The zero-order chi connectivity index (χ0) is 96.4. The van der Waals surface area contributed by atoms with Gasteiger partial charge in [-0.3, -0.25) is 19.2 Å². The van der Waals surface area contributed by atoms with Crippen molar-refractivity contribution in [1.82, 2.24) is 50.7 Å². The molecule has 13 N–H and O–H groups in total. The van der Waals surface area contributed by atoms with Crippen molar-refractivity contribution in [3.63, 3.8) is 0 Å². The van der Waals surface area contributed by atoms with E-state index >= 15 is 0 Å². The first kappa shape index (κ1) is 104. The number of phenolic OH excluding ortho intramolecular Hbond substituents is 1. The van der Waals surface area contributed by atoms with E-state index in [4.69, 9.17) is 72.2 Å². The number of carboxylic acid groups (broad SMARTS) is 8. The number of aliphatic carboxylic acids is 8. The van der Waals surface area contributed by atoms with E-state index < -0.39 is 248 Å². The van der Waals surface area contributed by atoms with Gasteiger partial charge in [-0.15, -0.1) is 0 Å². The number of phenols is 1. The molecule has 50 heteroatoms. The lowest BCUT2D eigenvalue weighted by Gasteiger charge is -2.25. The number of carboxylic acids is 8. The number of nitrogens with one attached hydrogen (secondary N) is 4. The lowest BCUT2D eigenvalue weighted by atomic mass is 10.1. The maximum atomic E-state index is 14.2. The van der Waals surface area contributed by atoms with E-state index in [2.05, 4.69) is 15.9 Å². The van der Waals surface area contributed by atoms with Crippen LogP contribution in [0.4, 0.5) is 47.9 Å². The first-order chi connectivity index (χ1) is 60.6. The van der Waals surface area contributed by atoms with Crippen LogP contribution in [0.3, 0.4) is 0 Å². The fraction of sp³-hybridized carbons (Fsp3) is 0.430. The average Bonchev–Trinajstić information content (AvgIpc) is 0.800. The molecule has 1 aromatic heterocycles. The van der Waals surface area contributed by atoms with Crippen LogP contribution in [0.15, 0.2) is 68.3 Å². The Bertz CT molecular complexity index is 4700. The number of alkyl carbamates (subject to hydrolysis) is 4. The number of amides is 10. The highest BCUT2D eigenvalue weighted by atomic mass is 79.9. The van der Waals surface area contributed by atoms with E-state index in [1.54, 1.807) is 6.92 Å². The Morgan fingerprint density at radius 3 is 0.791 bits per heavy atom. The van der Waals surface area contributed by atoms with E-state index in [1.165, 1.54) is 105 Å². The molecule has 4 unspecified atom stereocenters. The molecule has 0 spiro atoms. The maximum Gasteiger partial charge on any atom is 0.415 e. The number of nitrogens with zero attached hydrogens (tertiary/aromatic N) is 6. The van der Waals surface area contributed by atoms with Crippen molar-refractivity contribution in [1.29, 1.82) is 0 Å². The van der Waals surface area contributed by atoms with Gasteiger partial charge >= 0.3 is 114 Å². The number of rotatable bonds is 46. The molecule has 0 saturated carbocycles. The molecule has 5 aromatic rings. The predicted molar refractivity (Wildman–Crippen MR) is 436 cm³/mol. The van der Waals surface area contributed by atoms with E-state index in [0.717, 1.165) is 35.5 Å². The second-order valence-electron chi connectivity index (χ2n) is 28.6. The molecule has 0 bridgehead atoms. The van der Waals surface area contributed by atoms with E-state index in [-0.39, 0.29) is 99.8 Å². The van der Waals surface area contributed by atoms with Crippen LogP contribution in [0.1, 0.15) is 107 Å². The number of halogens is 1. The van der Waals surface area contributed by atoms with Crippen LogP contribution in [-0.2, 0) is 118 Å². The summed E-state index contributed by atoms with van der Waals surface area (Å²) in [6, 6.07) is 5.03. The largest absolute Gasteiger partial charge is 0.507 e. The molecular formula is C79H95BrN10O39. The van der Waals surface area contributed by atoms with Crippen LogP contribution in [-0.4, -0.2) is 290 Å². The van der Waals surface area contributed by atoms with Crippen molar-refractivity contribution in [2.24, 2.45) is 0 Å². The van der Waals surface area contributed by atoms with Crippen LogP contribution in [0.5, 0.6) is 23.0 Å². The van der Waals surface area contributed by atoms with Crippen LogP contribution in [0.2, 0.25) is 0 Å². The molecule has 0 aliphatic carbocycles. The first-order valence-electron chi connectivity index (χ1n) is 38.4. The van der Waals surface area contributed by atoms with Crippen molar-refractivity contribution in [2.75, 3.05) is 81.6 Å². The predicted octanol–water partition coefficient (Wildman–Crippen LogP) is 6.46. The third-order valence-electron chi connectivity index (χ3n) is 18.2. The van der Waals surface area contributed by atoms with E-state index in [9.17, 15) is 117 Å². The molecule has 129 heavy (non-hydrogen) atoms. The summed E-state index contributed by atoms with van der Waals surface area (Å²) in [7, 11) is 7.54. The Balaban J connectivity index is 1.38. The number of fused-ring (bicyclic) bond motifs is 1. The lowest BCUT2D eigenvalue weighted by Crippen LogP contribution is -2.41. The van der Waals surface area contributed by atoms with Gasteiger partial charge in [-0.05, 0) is 105 Å². The quantitative estimate of drug-likeness (QED) is 0.0147. The van der Waals surface area contributed by atoms with Crippen LogP contribution in [0, 0.1) is 20.8 Å². The van der Waals surface area contributed by atoms with Gasteiger partial charge in [0, 0.05) is 164 Å². The number of aromatic hydroxyl groups is 1. The fourth-order valence-corrected chi connectivity index (χ4v) is 11.6. The van der Waals surface area contributed by atoms with Gasteiger partial charge in [0.15, 0.2) is 0 Å². The highest BCUT2D eigenvalue weighted by Gasteiger charge is 2.32. The SMILES string of the molecule is Cc1cc(COC(=O)NC(CCC(=O)O)C(=O)O)c(OC(=O)N(C)CCN(C)C(=O)OCc2cc(C)cc(COC(=O)N(C)CCN(C)C(=O)Oc3c(COC(=O)NC(CCC(=O)O)C(=O)O)cc(C)cc3COC(=O)NC(CCC(=O)O)C(=O)O)c2OC(=O)N(C)CCN(C)C(=O)OCc2cc(=O)oc3cc(O)c(Br)cc23)c(COC(=O)NC(CCC(=O)O)C(=O)O)c1. The summed E-state index contributed by atoms with van der Waals surface area (Å²) in [6.45, 7) is -2.34. The van der Waals surface area contributed by atoms with Crippen molar-refractivity contribution in [2.45, 2.75) is 143 Å². The molecule has 4 aromatic carbocycles. The monoisotopic (exact) mass is 1890 g/mol. The van der Waals surface area contributed by atoms with Gasteiger partial charge in [0.2, 0.25) is 0 Å². The number of likely N-dealkylation sites (N-methyl/N-ethyl adjacent to an activating group) is 6. The average molecular weight is 1890 g/mol. The molecule has 702 valence electrons. The number of carbonyl (C=O) groups is 18. The number of hydrogen-bond donors (Lipinski definition) is 13. The summed E-state index contributed by atoms with van der Waals surface area (Å²) < 4.78 is 60.8. The number of benzene rings is 4. The fourth-order valence-electron chi connectivity index (χ4n) is 11.3. The minimum Gasteiger partial charge on any atom is -0.507 e. The minimum atomic E-state index is -1.74. The van der Waals surface area contributed by atoms with Crippen LogP contribution >= 0.6 is 15.9 Å². The van der Waals surface area contributed by atoms with Gasteiger partial charge in [-0.2, -0.15) is 0 Å². The standard InChI is InChI=1S/C79H95BrN10O39/c1-40-24-44(34-119-70(109)81-52(66(101)102)10-14-58(92)93)63(45(25-40)35-120-71(110)82-53(67(103)104)11-15-59(94)95)127-77(116)88(7)22-19-86(5)75(114)124-38-48-28-42(3)29-49(65(48)129-79(118)90(9)21-18-85(4)74(113)123-33-43-30-62(100)126-57-32-56(91)51(80)31-50(43)57)39-125-76(115)87(6)20-23-89(8)78(117)128-64-46(36-121-72(111)83-54(68(105)106)12-16-60(96)97)26-41(2)27-47(64)37-122-73(112)84-55(69(107)108)13-17-61(98)99/h24-32,52-55,91H,10-23,33-39H2,1-9H3,(H,81,109)(H,82,110)(H,83,111)(H,84,112)(H,92,93)(H,94,95)(H,96,97)(H,98,99)(H,101,102)(H,103,104)(H,105,106)(H,107,108). The Morgan fingerprint density at radius 2 is 0.558 bits per heavy atom. The summed E-state index contributed by atoms with van der Waals surface area (Å²) in [6.07, 6.45) is -16.9. The second kappa shape index (κ2) is 50.1. The molecule has 10 amide bonds. The summed E-state index contributed by atoms with van der Waals surface area (Å²) in [5.74, 6) is -13.4. The minimum absolute atomic E-state index is 0.00696. The highest BCUT2D eigenvalue weighted by Crippen LogP contribution is 2.34. The first-order valence-corrected chi connectivity index (χ1v) is 39.2. The van der Waals surface area contributed by atoms with Gasteiger partial charge < -0.3 is 148 Å². The van der Waals surface area contributed by atoms with E-state index in [1.807, 2.05) is 21.3 Å². The molecule has 0 radical (unpaired) electrons. The molecule has 0 aliphatic heterocycles. The molecule has 49 nitrogen and oxygen atoms in total. The Kier molecular flexibility index (Phi) is 40.5. The normalized spacial score (nSPS) is 11.6. The molecule has 0 fully saturated rings. The van der Waals surface area contributed by atoms with Crippen molar-refractivity contribution < 1.29 is 184 Å². The molecule has 4 atom stereocenters. The smallest absolute Gasteiger partial charge is 0.415 e. The zero-order valence-electron chi connectivity index (χ0n) is 70.7. The van der Waals surface area contributed by atoms with Crippen molar-refractivity contribution in [3.05, 3.63) is 125 Å². The lowest BCUT2D eigenvalue weighted by molar-refractivity contribution is -0.142. The third-order valence-corrected chi connectivity index (χ3v) is 18.9. The highest BCUT2D eigenvalue weighted by molar-refractivity contribution is 9.10. The Morgan fingerprint density at radius 1 is 0.333 bits per heavy atom. The van der Waals surface area contributed by atoms with Crippen LogP contribution < -0.4 is 41.1 Å². The molecule has 1 heterocycles. The van der Waals surface area contributed by atoms with Gasteiger partial charge in [-0.25, -0.2) is 71.9 Å². The summed E-state index contributed by atoms with van der Waals surface area (Å²) in [4.78, 5) is 246. The summed E-state index contributed by atoms with van der Waals surface area (Å²) in [5.41, 5.74) is -0.0594. The molecule has 0 saturated heterocycles. The molecular weight excluding hydrogens is 1790 g/mol. The summed E-state index contributed by atoms with van der Waals surface area (Å²) >= 11 is 3.20. The maximum absolute atomic E-state index is 14.2. The van der Waals surface area contributed by atoms with Crippen molar-refractivity contribution in [3.8, 4) is 23.0 Å². The topological polar surface area (TPSA) is 679 Å². The zero-order valence-corrected chi connectivity index (χ0v) is 72.3. The Hall–Kier alpha value is -15.2. The number of hydrogen-bond acceptors (Lipinski definition) is 31. The number of carbonyl (C=O) groups excluding carboxylic acids is 10. The van der Waals surface area contributed by atoms with E-state index in [0.29, 0.717) is 22.1 Å². The van der Waals surface area contributed by atoms with Gasteiger partial charge in [0.05, 0.1) is 4.47 Å². The molecule has 5 rings (SSSR count).